The minimum Gasteiger partial charge on any atom is -0.205 e. The van der Waals surface area contributed by atoms with Gasteiger partial charge in [-0.2, -0.15) is 0 Å². The van der Waals surface area contributed by atoms with E-state index in [4.69, 9.17) is 0 Å². The van der Waals surface area contributed by atoms with Crippen LogP contribution in [0.15, 0.2) is 0 Å². The Labute approximate surface area is 227 Å². The van der Waals surface area contributed by atoms with Gasteiger partial charge in [-0.1, -0.05) is 0 Å². The minimum absolute atomic E-state index is 0.737. The van der Waals surface area contributed by atoms with Crippen LogP contribution in [0.2, 0.25) is 0 Å². The number of hydrogen-bond acceptors (Lipinski definition) is 0. The Morgan fingerprint density at radius 1 is 0.250 bits per heavy atom. The Kier molecular flexibility index (Phi) is 5.60. The molecular weight excluding hydrogens is 900 g/mol. The van der Waals surface area contributed by atoms with Crippen molar-refractivity contribution in [1.29, 1.82) is 0 Å². The molecule has 32 heavy (non-hydrogen) atoms. The minimum atomic E-state index is -1.38. The van der Waals surface area contributed by atoms with Gasteiger partial charge < -0.3 is 0 Å². The molecule has 0 atom stereocenters. The average molecular weight is 900 g/mol. The molecule has 0 bridgehead atoms. The van der Waals surface area contributed by atoms with Crippen LogP contribution in [0.4, 0.5) is 35.1 Å². The summed E-state index contributed by atoms with van der Waals surface area (Å²) in [5, 5.41) is -6.39. The molecule has 0 fully saturated rings. The summed E-state index contributed by atoms with van der Waals surface area (Å²) in [4.78, 5) is 0. The van der Waals surface area contributed by atoms with Gasteiger partial charge in [0.15, 0.2) is 0 Å². The standard InChI is InChI=1S/C20F8I4/c21-9-3-1-4(10(22)18(30)14(26)7(1)13(25)17(9)29)6-2-5(3)11(23)19(31)15(27)8(2)16(28)20(32)12(6)24. The molecule has 0 nitrogen and oxygen atoms in total. The third kappa shape index (κ3) is 2.68. The Morgan fingerprint density at radius 3 is 0.594 bits per heavy atom. The first-order valence-corrected chi connectivity index (χ1v) is 12.6. The molecule has 12 heteroatoms. The third-order valence-electron chi connectivity index (χ3n) is 5.30. The van der Waals surface area contributed by atoms with Gasteiger partial charge in [0.1, 0.15) is 46.5 Å². The molecule has 0 aromatic heterocycles. The smallest absolute Gasteiger partial charge is 0.150 e. The summed E-state index contributed by atoms with van der Waals surface area (Å²) in [6.07, 6.45) is 0. The van der Waals surface area contributed by atoms with Crippen LogP contribution in [0, 0.1) is 60.8 Å². The van der Waals surface area contributed by atoms with Crippen LogP contribution in [0.5, 0.6) is 0 Å². The molecule has 164 valence electrons. The molecule has 0 N–H and O–H groups in total. The lowest BCUT2D eigenvalue weighted by molar-refractivity contribution is 0.558. The third-order valence-corrected chi connectivity index (χ3v) is 9.09. The molecule has 0 heterocycles. The lowest BCUT2D eigenvalue weighted by Crippen LogP contribution is -2.07. The molecule has 5 aromatic carbocycles. The number of halogens is 12. The zero-order valence-corrected chi connectivity index (χ0v) is 23.2. The van der Waals surface area contributed by atoms with Crippen molar-refractivity contribution in [2.75, 3.05) is 0 Å². The summed E-state index contributed by atoms with van der Waals surface area (Å²) in [5.41, 5.74) is 0. The van der Waals surface area contributed by atoms with E-state index in [1.807, 2.05) is 0 Å². The van der Waals surface area contributed by atoms with Crippen LogP contribution in [0.3, 0.4) is 0 Å². The second-order valence-corrected chi connectivity index (χ2v) is 11.1. The summed E-state index contributed by atoms with van der Waals surface area (Å²) in [6, 6.07) is 0. The first kappa shape index (κ1) is 23.5. The highest BCUT2D eigenvalue weighted by molar-refractivity contribution is 14.1. The zero-order chi connectivity index (χ0) is 23.5. The van der Waals surface area contributed by atoms with Gasteiger partial charge >= 0.3 is 0 Å². The molecule has 0 radical (unpaired) electrons. The maximum absolute atomic E-state index is 15.3. The SMILES string of the molecule is Fc1c(I)c(F)c2c3c(F)c(I)c(F)c4c(F)c(I)c(F)c(c5c(F)c(I)c(F)c1c25)c43. The van der Waals surface area contributed by atoms with Gasteiger partial charge in [-0.05, 0) is 90.4 Å². The van der Waals surface area contributed by atoms with Gasteiger partial charge in [-0.15, -0.1) is 0 Å². The predicted molar refractivity (Wildman–Crippen MR) is 138 cm³/mol. The largest absolute Gasteiger partial charge is 0.205 e. The molecule has 0 amide bonds. The van der Waals surface area contributed by atoms with Gasteiger partial charge in [-0.25, -0.2) is 35.1 Å². The fourth-order valence-corrected chi connectivity index (χ4v) is 6.18. The van der Waals surface area contributed by atoms with E-state index in [1.54, 1.807) is 0 Å². The normalized spacial score (nSPS) is 12.4. The Morgan fingerprint density at radius 2 is 0.406 bits per heavy atom. The van der Waals surface area contributed by atoms with Crippen molar-refractivity contribution in [3.8, 4) is 0 Å². The maximum atomic E-state index is 15.3. The highest BCUT2D eigenvalue weighted by atomic mass is 127. The highest BCUT2D eigenvalue weighted by Gasteiger charge is 2.34. The molecule has 0 aliphatic carbocycles. The number of fused-ring (bicyclic) bond motifs is 2. The van der Waals surface area contributed by atoms with Gasteiger partial charge in [-0.3, -0.25) is 0 Å². The molecule has 0 aliphatic heterocycles. The van der Waals surface area contributed by atoms with Crippen molar-refractivity contribution in [3.05, 3.63) is 60.8 Å². The van der Waals surface area contributed by atoms with E-state index in [0.717, 1.165) is 0 Å². The summed E-state index contributed by atoms with van der Waals surface area (Å²) in [6.45, 7) is 0. The Bertz CT molecular complexity index is 1460. The van der Waals surface area contributed by atoms with E-state index in [0.29, 0.717) is 0 Å². The lowest BCUT2D eigenvalue weighted by atomic mass is 9.88. The summed E-state index contributed by atoms with van der Waals surface area (Å²) >= 11 is 4.93. The van der Waals surface area contributed by atoms with E-state index in [-0.39, 0.29) is 0 Å². The Hall–Kier alpha value is -0.240. The molecule has 0 saturated carbocycles. The van der Waals surface area contributed by atoms with Crippen molar-refractivity contribution in [1.82, 2.24) is 0 Å². The van der Waals surface area contributed by atoms with Crippen molar-refractivity contribution >= 4 is 133 Å². The van der Waals surface area contributed by atoms with E-state index < -0.39 is 104 Å². The number of hydrogen-bond donors (Lipinski definition) is 0. The molecule has 0 aliphatic rings. The first-order chi connectivity index (χ1) is 14.9. The first-order valence-electron chi connectivity index (χ1n) is 8.27. The van der Waals surface area contributed by atoms with Crippen LogP contribution in [0.1, 0.15) is 0 Å². The van der Waals surface area contributed by atoms with Gasteiger partial charge in [0, 0.05) is 32.3 Å². The topological polar surface area (TPSA) is 0 Å². The van der Waals surface area contributed by atoms with Crippen LogP contribution in [0.25, 0.3) is 43.1 Å². The molecule has 5 aromatic rings. The van der Waals surface area contributed by atoms with Crippen LogP contribution in [-0.2, 0) is 0 Å². The van der Waals surface area contributed by atoms with Crippen LogP contribution >= 0.6 is 90.4 Å². The van der Waals surface area contributed by atoms with Crippen molar-refractivity contribution < 1.29 is 35.1 Å². The van der Waals surface area contributed by atoms with E-state index in [9.17, 15) is 17.6 Å². The monoisotopic (exact) mass is 900 g/mol. The zero-order valence-electron chi connectivity index (χ0n) is 14.5. The second-order valence-electron chi connectivity index (χ2n) is 6.77. The summed E-state index contributed by atoms with van der Waals surface area (Å²) < 4.78 is 118. The van der Waals surface area contributed by atoms with E-state index in [2.05, 4.69) is 0 Å². The van der Waals surface area contributed by atoms with Crippen molar-refractivity contribution in [3.63, 3.8) is 0 Å². The summed E-state index contributed by atoms with van der Waals surface area (Å²) in [7, 11) is 0. The molecule has 5 rings (SSSR count). The van der Waals surface area contributed by atoms with Gasteiger partial charge in [0.25, 0.3) is 0 Å². The highest BCUT2D eigenvalue weighted by Crippen LogP contribution is 2.50. The fourth-order valence-electron chi connectivity index (χ4n) is 4.02. The van der Waals surface area contributed by atoms with E-state index in [1.165, 1.54) is 90.4 Å². The van der Waals surface area contributed by atoms with E-state index >= 15 is 17.6 Å². The van der Waals surface area contributed by atoms with Crippen molar-refractivity contribution in [2.24, 2.45) is 0 Å². The average Bonchev–Trinajstić information content (AvgIpc) is 2.76. The second kappa shape index (κ2) is 7.63. The fraction of sp³-hybridized carbons (Fsp3) is 0. The van der Waals surface area contributed by atoms with Crippen LogP contribution in [-0.4, -0.2) is 0 Å². The molecule has 0 unspecified atom stereocenters. The predicted octanol–water partition coefficient (Wildman–Crippen LogP) is 9.27. The van der Waals surface area contributed by atoms with Crippen molar-refractivity contribution in [2.45, 2.75) is 0 Å². The quantitative estimate of drug-likeness (QED) is 0.0479. The van der Waals surface area contributed by atoms with Gasteiger partial charge in [0.2, 0.25) is 0 Å². The molecule has 0 saturated heterocycles. The lowest BCUT2D eigenvalue weighted by Gasteiger charge is -2.20. The number of rotatable bonds is 0. The summed E-state index contributed by atoms with van der Waals surface area (Å²) in [5.74, 6) is -11.1. The Balaban J connectivity index is 2.44. The van der Waals surface area contributed by atoms with Gasteiger partial charge in [0.05, 0.1) is 25.1 Å². The number of benzene rings is 5. The molecular formula is C20F8I4. The molecule has 0 spiro atoms. The maximum Gasteiger partial charge on any atom is 0.150 e. The van der Waals surface area contributed by atoms with Crippen LogP contribution < -0.4 is 0 Å².